The molecule has 164 valence electrons. The summed E-state index contributed by atoms with van der Waals surface area (Å²) in [6.45, 7) is 3.79. The van der Waals surface area contributed by atoms with Crippen LogP contribution in [-0.2, 0) is 4.79 Å². The van der Waals surface area contributed by atoms with Crippen LogP contribution in [0.1, 0.15) is 27.0 Å². The fourth-order valence-corrected chi connectivity index (χ4v) is 3.25. The topological polar surface area (TPSA) is 77.0 Å². The van der Waals surface area contributed by atoms with Crippen LogP contribution in [0.15, 0.2) is 70.2 Å². The predicted octanol–water partition coefficient (Wildman–Crippen LogP) is 5.47. The molecule has 3 aromatic rings. The van der Waals surface area contributed by atoms with E-state index in [1.54, 1.807) is 48.5 Å². The van der Waals surface area contributed by atoms with Gasteiger partial charge in [-0.05, 0) is 67.4 Å². The van der Waals surface area contributed by atoms with Gasteiger partial charge in [0.25, 0.3) is 5.91 Å². The van der Waals surface area contributed by atoms with E-state index in [4.69, 9.17) is 21.1 Å². The average Bonchev–Trinajstić information content (AvgIpc) is 2.76. The molecule has 1 amide bonds. The minimum Gasteiger partial charge on any atom is -0.484 e. The number of nitrogens with one attached hydrogen (secondary N) is 1. The first-order valence-electron chi connectivity index (χ1n) is 9.61. The minimum absolute atomic E-state index is 0.188. The number of aryl methyl sites for hydroxylation is 2. The second-order valence-corrected chi connectivity index (χ2v) is 8.20. The van der Waals surface area contributed by atoms with Crippen molar-refractivity contribution in [3.8, 4) is 11.5 Å². The molecule has 1 N–H and O–H groups in total. The van der Waals surface area contributed by atoms with Gasteiger partial charge in [-0.3, -0.25) is 4.79 Å². The molecule has 3 rings (SSSR count). The second-order valence-electron chi connectivity index (χ2n) is 6.88. The summed E-state index contributed by atoms with van der Waals surface area (Å²) in [5.74, 6) is -0.155. The number of rotatable bonds is 7. The van der Waals surface area contributed by atoms with Crippen molar-refractivity contribution < 1.29 is 19.1 Å². The average molecular weight is 516 g/mol. The van der Waals surface area contributed by atoms with Gasteiger partial charge in [0.15, 0.2) is 6.61 Å². The van der Waals surface area contributed by atoms with Gasteiger partial charge in [-0.15, -0.1) is 0 Å². The summed E-state index contributed by atoms with van der Waals surface area (Å²) in [6, 6.07) is 17.3. The maximum atomic E-state index is 12.5. The fraction of sp³-hybridized carbons (Fsp3) is 0.125. The van der Waals surface area contributed by atoms with Crippen molar-refractivity contribution in [3.05, 3.63) is 92.4 Å². The molecule has 0 saturated carbocycles. The lowest BCUT2D eigenvalue weighted by Gasteiger charge is -2.09. The van der Waals surface area contributed by atoms with Gasteiger partial charge in [0.05, 0.1) is 16.8 Å². The molecule has 0 spiro atoms. The summed E-state index contributed by atoms with van der Waals surface area (Å²) in [5.41, 5.74) is 5.35. The number of hydrogen-bond acceptors (Lipinski definition) is 5. The van der Waals surface area contributed by atoms with Crippen molar-refractivity contribution in [3.63, 3.8) is 0 Å². The number of halogens is 2. The van der Waals surface area contributed by atoms with Crippen molar-refractivity contribution >= 4 is 45.6 Å². The van der Waals surface area contributed by atoms with Gasteiger partial charge in [0.1, 0.15) is 11.5 Å². The highest BCUT2D eigenvalue weighted by Gasteiger charge is 2.14. The van der Waals surface area contributed by atoms with Crippen LogP contribution in [0.2, 0.25) is 5.02 Å². The molecule has 0 unspecified atom stereocenters. The smallest absolute Gasteiger partial charge is 0.345 e. The Morgan fingerprint density at radius 2 is 1.84 bits per heavy atom. The van der Waals surface area contributed by atoms with E-state index in [-0.39, 0.29) is 17.9 Å². The number of amides is 1. The molecule has 3 aromatic carbocycles. The molecular formula is C24H20BrClN2O4. The lowest BCUT2D eigenvalue weighted by Crippen LogP contribution is -2.24. The Labute approximate surface area is 199 Å². The van der Waals surface area contributed by atoms with Gasteiger partial charge in [-0.1, -0.05) is 45.7 Å². The second kappa shape index (κ2) is 10.9. The molecular weight excluding hydrogens is 496 g/mol. The molecule has 8 heteroatoms. The third kappa shape index (κ3) is 6.42. The number of carbonyl (C=O) groups excluding carboxylic acids is 2. The Hall–Kier alpha value is -3.16. The van der Waals surface area contributed by atoms with Gasteiger partial charge < -0.3 is 9.47 Å². The number of hydrogen-bond donors (Lipinski definition) is 1. The third-order valence-electron chi connectivity index (χ3n) is 4.51. The molecule has 0 aliphatic carbocycles. The molecule has 6 nitrogen and oxygen atoms in total. The summed E-state index contributed by atoms with van der Waals surface area (Å²) in [4.78, 5) is 24.5. The van der Waals surface area contributed by atoms with Crippen LogP contribution in [0, 0.1) is 13.8 Å². The standard InChI is InChI=1S/C24H20BrClN2O4/c1-15-7-9-19(11-16(15)2)31-14-23(29)28-27-13-17-12-18(25)8-10-22(17)32-24(30)20-5-3-4-6-21(20)26/h3-13H,14H2,1-2H3,(H,28,29)/b27-13-. The molecule has 0 fully saturated rings. The Morgan fingerprint density at radius 1 is 1.06 bits per heavy atom. The third-order valence-corrected chi connectivity index (χ3v) is 5.33. The fourth-order valence-electron chi connectivity index (χ4n) is 2.65. The van der Waals surface area contributed by atoms with Crippen LogP contribution in [0.25, 0.3) is 0 Å². The number of hydrazone groups is 1. The zero-order valence-corrected chi connectivity index (χ0v) is 19.7. The zero-order chi connectivity index (χ0) is 23.1. The lowest BCUT2D eigenvalue weighted by atomic mass is 10.1. The summed E-state index contributed by atoms with van der Waals surface area (Å²) in [5, 5.41) is 4.23. The Kier molecular flexibility index (Phi) is 8.03. The summed E-state index contributed by atoms with van der Waals surface area (Å²) >= 11 is 9.44. The SMILES string of the molecule is Cc1ccc(OCC(=O)N/N=C\c2cc(Br)ccc2OC(=O)c2ccccc2Cl)cc1C. The first kappa shape index (κ1) is 23.5. The van der Waals surface area contributed by atoms with Crippen molar-refractivity contribution in [1.82, 2.24) is 5.43 Å². The van der Waals surface area contributed by atoms with Crippen molar-refractivity contribution in [2.24, 2.45) is 5.10 Å². The molecule has 0 aliphatic rings. The summed E-state index contributed by atoms with van der Waals surface area (Å²) < 4.78 is 11.7. The molecule has 0 heterocycles. The number of carbonyl (C=O) groups is 2. The zero-order valence-electron chi connectivity index (χ0n) is 17.4. The highest BCUT2D eigenvalue weighted by atomic mass is 79.9. The number of esters is 1. The van der Waals surface area contributed by atoms with Gasteiger partial charge >= 0.3 is 5.97 Å². The minimum atomic E-state index is -0.599. The molecule has 0 saturated heterocycles. The van der Waals surface area contributed by atoms with E-state index in [0.717, 1.165) is 15.6 Å². The van der Waals surface area contributed by atoms with E-state index >= 15 is 0 Å². The van der Waals surface area contributed by atoms with Crippen LogP contribution in [0.3, 0.4) is 0 Å². The van der Waals surface area contributed by atoms with Crippen LogP contribution in [-0.4, -0.2) is 24.7 Å². The highest BCUT2D eigenvalue weighted by Crippen LogP contribution is 2.24. The van der Waals surface area contributed by atoms with E-state index < -0.39 is 11.9 Å². The van der Waals surface area contributed by atoms with Crippen molar-refractivity contribution in [1.29, 1.82) is 0 Å². The van der Waals surface area contributed by atoms with Crippen LogP contribution >= 0.6 is 27.5 Å². The van der Waals surface area contributed by atoms with Gasteiger partial charge in [0, 0.05) is 10.0 Å². The maximum Gasteiger partial charge on any atom is 0.345 e. The van der Waals surface area contributed by atoms with Crippen LogP contribution in [0.5, 0.6) is 11.5 Å². The molecule has 0 atom stereocenters. The monoisotopic (exact) mass is 514 g/mol. The van der Waals surface area contributed by atoms with Crippen molar-refractivity contribution in [2.75, 3.05) is 6.61 Å². The Bertz CT molecular complexity index is 1180. The quantitative estimate of drug-likeness (QED) is 0.196. The van der Waals surface area contributed by atoms with Gasteiger partial charge in [-0.2, -0.15) is 5.10 Å². The molecule has 32 heavy (non-hydrogen) atoms. The largest absolute Gasteiger partial charge is 0.484 e. The van der Waals surface area contributed by atoms with Crippen molar-refractivity contribution in [2.45, 2.75) is 13.8 Å². The molecule has 0 bridgehead atoms. The normalized spacial score (nSPS) is 10.8. The van der Waals surface area contributed by atoms with E-state index in [0.29, 0.717) is 16.3 Å². The van der Waals surface area contributed by atoms with Gasteiger partial charge in [0.2, 0.25) is 0 Å². The number of benzene rings is 3. The van der Waals surface area contributed by atoms with E-state index in [1.165, 1.54) is 6.21 Å². The Morgan fingerprint density at radius 3 is 2.59 bits per heavy atom. The summed E-state index contributed by atoms with van der Waals surface area (Å²) in [6.07, 6.45) is 1.38. The predicted molar refractivity (Wildman–Crippen MR) is 128 cm³/mol. The first-order chi connectivity index (χ1) is 15.3. The van der Waals surface area contributed by atoms with E-state index in [9.17, 15) is 9.59 Å². The number of nitrogens with zero attached hydrogens (tertiary/aromatic N) is 1. The highest BCUT2D eigenvalue weighted by molar-refractivity contribution is 9.10. The van der Waals surface area contributed by atoms with Gasteiger partial charge in [-0.25, -0.2) is 10.2 Å². The lowest BCUT2D eigenvalue weighted by molar-refractivity contribution is -0.123. The molecule has 0 aliphatic heterocycles. The number of ether oxygens (including phenoxy) is 2. The van der Waals surface area contributed by atoms with Crippen LogP contribution < -0.4 is 14.9 Å². The Balaban J connectivity index is 1.63. The van der Waals surface area contributed by atoms with E-state index in [1.807, 2.05) is 26.0 Å². The van der Waals surface area contributed by atoms with Crippen LogP contribution in [0.4, 0.5) is 0 Å². The molecule has 0 radical (unpaired) electrons. The first-order valence-corrected chi connectivity index (χ1v) is 10.8. The maximum absolute atomic E-state index is 12.5. The molecule has 0 aromatic heterocycles. The van der Waals surface area contributed by atoms with E-state index in [2.05, 4.69) is 26.5 Å². The summed E-state index contributed by atoms with van der Waals surface area (Å²) in [7, 11) is 0.